The lowest BCUT2D eigenvalue weighted by Crippen LogP contribution is -2.22. The Hall–Kier alpha value is -2.44. The summed E-state index contributed by atoms with van der Waals surface area (Å²) in [4.78, 5) is 0. The van der Waals surface area contributed by atoms with E-state index in [4.69, 9.17) is 15.2 Å². The van der Waals surface area contributed by atoms with Crippen LogP contribution in [-0.4, -0.2) is 19.3 Å². The molecule has 1 atom stereocenters. The summed E-state index contributed by atoms with van der Waals surface area (Å²) in [7, 11) is 0. The molecule has 0 radical (unpaired) electrons. The van der Waals surface area contributed by atoms with Gasteiger partial charge < -0.3 is 15.2 Å². The molecule has 106 valence electrons. The zero-order valence-electron chi connectivity index (χ0n) is 11.7. The third kappa shape index (κ3) is 3.18. The van der Waals surface area contributed by atoms with E-state index < -0.39 is 0 Å². The first-order chi connectivity index (χ1) is 10.4. The molecule has 1 aliphatic heterocycles. The molecule has 0 bridgehead atoms. The van der Waals surface area contributed by atoms with Crippen molar-refractivity contribution in [2.24, 2.45) is 5.73 Å². The van der Waals surface area contributed by atoms with Crippen LogP contribution in [0.5, 0.6) is 11.5 Å². The Morgan fingerprint density at radius 3 is 2.81 bits per heavy atom. The van der Waals surface area contributed by atoms with Gasteiger partial charge in [0, 0.05) is 6.42 Å². The molecule has 1 unspecified atom stereocenters. The van der Waals surface area contributed by atoms with Crippen molar-refractivity contribution < 1.29 is 9.47 Å². The molecule has 2 aromatic carbocycles. The van der Waals surface area contributed by atoms with E-state index in [1.165, 1.54) is 5.56 Å². The summed E-state index contributed by atoms with van der Waals surface area (Å²) in [5.41, 5.74) is 7.51. The molecule has 1 heterocycles. The molecule has 2 aromatic rings. The minimum absolute atomic E-state index is 0.0536. The van der Waals surface area contributed by atoms with Crippen molar-refractivity contribution in [1.82, 2.24) is 0 Å². The van der Waals surface area contributed by atoms with Crippen LogP contribution in [0.4, 0.5) is 0 Å². The van der Waals surface area contributed by atoms with Crippen LogP contribution in [0.15, 0.2) is 48.5 Å². The molecule has 0 saturated heterocycles. The minimum atomic E-state index is 0.0536. The highest BCUT2D eigenvalue weighted by Crippen LogP contribution is 2.28. The molecule has 0 amide bonds. The zero-order chi connectivity index (χ0) is 14.5. The number of para-hydroxylation sites is 2. The van der Waals surface area contributed by atoms with Crippen LogP contribution in [0.25, 0.3) is 0 Å². The highest BCUT2D eigenvalue weighted by molar-refractivity contribution is 5.46. The van der Waals surface area contributed by atoms with E-state index in [1.54, 1.807) is 0 Å². The third-order valence-electron chi connectivity index (χ3n) is 3.35. The van der Waals surface area contributed by atoms with E-state index in [9.17, 15) is 0 Å². The Bertz CT molecular complexity index is 660. The lowest BCUT2D eigenvalue weighted by Gasteiger charge is -2.13. The number of hydrogen-bond donors (Lipinski definition) is 1. The maximum absolute atomic E-state index is 5.88. The van der Waals surface area contributed by atoms with Crippen LogP contribution in [0.2, 0.25) is 0 Å². The molecule has 0 fully saturated rings. The van der Waals surface area contributed by atoms with Gasteiger partial charge in [0.2, 0.25) is 0 Å². The van der Waals surface area contributed by atoms with Crippen molar-refractivity contribution in [3.8, 4) is 23.3 Å². The van der Waals surface area contributed by atoms with Crippen LogP contribution >= 0.6 is 0 Å². The third-order valence-corrected chi connectivity index (χ3v) is 3.35. The lowest BCUT2D eigenvalue weighted by atomic mass is 10.1. The molecular weight excluding hydrogens is 262 g/mol. The number of nitrogens with two attached hydrogens (primary N) is 1. The van der Waals surface area contributed by atoms with Crippen molar-refractivity contribution in [1.29, 1.82) is 0 Å². The Balaban J connectivity index is 1.64. The van der Waals surface area contributed by atoms with E-state index in [1.807, 2.05) is 42.5 Å². The molecule has 0 spiro atoms. The van der Waals surface area contributed by atoms with Crippen molar-refractivity contribution in [3.63, 3.8) is 0 Å². The fourth-order valence-corrected chi connectivity index (χ4v) is 2.37. The molecule has 3 heteroatoms. The molecule has 0 aromatic heterocycles. The molecule has 1 aliphatic rings. The van der Waals surface area contributed by atoms with Gasteiger partial charge in [-0.25, -0.2) is 0 Å². The molecule has 0 aliphatic carbocycles. The molecule has 3 nitrogen and oxygen atoms in total. The summed E-state index contributed by atoms with van der Waals surface area (Å²) in [6.07, 6.45) is 0.935. The summed E-state index contributed by atoms with van der Waals surface area (Å²) in [5, 5.41) is 0. The first kappa shape index (κ1) is 13.5. The summed E-state index contributed by atoms with van der Waals surface area (Å²) < 4.78 is 11.7. The average molecular weight is 279 g/mol. The molecule has 0 saturated carbocycles. The van der Waals surface area contributed by atoms with E-state index in [-0.39, 0.29) is 6.10 Å². The standard InChI is InChI=1S/C18H17NO2/c19-11-5-8-14-6-1-3-9-17(14)20-13-16-12-15-7-2-4-10-18(15)21-16/h1-4,6-7,9-10,16H,11-13,19H2. The van der Waals surface area contributed by atoms with Crippen LogP contribution in [0.3, 0.4) is 0 Å². The monoisotopic (exact) mass is 279 g/mol. The fourth-order valence-electron chi connectivity index (χ4n) is 2.37. The Labute approximate surface area is 124 Å². The van der Waals surface area contributed by atoms with Gasteiger partial charge in [-0.2, -0.15) is 0 Å². The van der Waals surface area contributed by atoms with Gasteiger partial charge in [-0.05, 0) is 23.8 Å². The topological polar surface area (TPSA) is 44.5 Å². The summed E-state index contributed by atoms with van der Waals surface area (Å²) in [5.74, 6) is 7.61. The quantitative estimate of drug-likeness (QED) is 0.877. The van der Waals surface area contributed by atoms with Gasteiger partial charge in [0.25, 0.3) is 0 Å². The van der Waals surface area contributed by atoms with Crippen LogP contribution in [0, 0.1) is 11.8 Å². The maximum Gasteiger partial charge on any atom is 0.137 e. The predicted molar refractivity (Wildman–Crippen MR) is 82.4 cm³/mol. The average Bonchev–Trinajstić information content (AvgIpc) is 2.94. The van der Waals surface area contributed by atoms with Crippen molar-refractivity contribution in [2.45, 2.75) is 12.5 Å². The predicted octanol–water partition coefficient (Wildman–Crippen LogP) is 2.38. The number of benzene rings is 2. The van der Waals surface area contributed by atoms with Crippen molar-refractivity contribution >= 4 is 0 Å². The molecule has 3 rings (SSSR count). The van der Waals surface area contributed by atoms with Crippen LogP contribution in [0.1, 0.15) is 11.1 Å². The SMILES string of the molecule is NCC#Cc1ccccc1OCC1Cc2ccccc2O1. The Kier molecular flexibility index (Phi) is 4.09. The number of ether oxygens (including phenoxy) is 2. The number of rotatable bonds is 3. The second kappa shape index (κ2) is 6.34. The fraction of sp³-hybridized carbons (Fsp3) is 0.222. The molecule has 21 heavy (non-hydrogen) atoms. The first-order valence-electron chi connectivity index (χ1n) is 7.02. The highest BCUT2D eigenvalue weighted by atomic mass is 16.5. The van der Waals surface area contributed by atoms with Crippen LogP contribution in [-0.2, 0) is 6.42 Å². The van der Waals surface area contributed by atoms with Gasteiger partial charge in [-0.3, -0.25) is 0 Å². The Morgan fingerprint density at radius 2 is 1.95 bits per heavy atom. The van der Waals surface area contributed by atoms with Gasteiger partial charge in [0.15, 0.2) is 0 Å². The number of hydrogen-bond acceptors (Lipinski definition) is 3. The second-order valence-electron chi connectivity index (χ2n) is 4.86. The first-order valence-corrected chi connectivity index (χ1v) is 7.02. The van der Waals surface area contributed by atoms with E-state index in [0.29, 0.717) is 13.2 Å². The molecular formula is C18H17NO2. The maximum atomic E-state index is 5.88. The van der Waals surface area contributed by atoms with Gasteiger partial charge in [0.1, 0.15) is 24.2 Å². The van der Waals surface area contributed by atoms with E-state index in [2.05, 4.69) is 17.9 Å². The highest BCUT2D eigenvalue weighted by Gasteiger charge is 2.22. The van der Waals surface area contributed by atoms with Gasteiger partial charge in [-0.1, -0.05) is 42.2 Å². The van der Waals surface area contributed by atoms with Crippen molar-refractivity contribution in [2.75, 3.05) is 13.2 Å². The molecule has 2 N–H and O–H groups in total. The van der Waals surface area contributed by atoms with E-state index in [0.717, 1.165) is 23.5 Å². The summed E-state index contributed by atoms with van der Waals surface area (Å²) >= 11 is 0. The van der Waals surface area contributed by atoms with Gasteiger partial charge in [0.05, 0.1) is 12.1 Å². The van der Waals surface area contributed by atoms with Crippen molar-refractivity contribution in [3.05, 3.63) is 59.7 Å². The van der Waals surface area contributed by atoms with E-state index >= 15 is 0 Å². The summed E-state index contributed by atoms with van der Waals surface area (Å²) in [6.45, 7) is 0.853. The van der Waals surface area contributed by atoms with Gasteiger partial charge in [-0.15, -0.1) is 0 Å². The normalized spacial score (nSPS) is 15.6. The number of fused-ring (bicyclic) bond motifs is 1. The van der Waals surface area contributed by atoms with Gasteiger partial charge >= 0.3 is 0 Å². The lowest BCUT2D eigenvalue weighted by molar-refractivity contribution is 0.148. The largest absolute Gasteiger partial charge is 0.488 e. The Morgan fingerprint density at radius 1 is 1.14 bits per heavy atom. The second-order valence-corrected chi connectivity index (χ2v) is 4.86. The zero-order valence-corrected chi connectivity index (χ0v) is 11.7. The van der Waals surface area contributed by atoms with Crippen LogP contribution < -0.4 is 15.2 Å². The smallest absolute Gasteiger partial charge is 0.137 e. The summed E-state index contributed by atoms with van der Waals surface area (Å²) in [6, 6.07) is 15.8. The minimum Gasteiger partial charge on any atom is -0.488 e.